The second kappa shape index (κ2) is 12.9. The molecule has 0 saturated heterocycles. The summed E-state index contributed by atoms with van der Waals surface area (Å²) in [7, 11) is 0. The van der Waals surface area contributed by atoms with Crippen LogP contribution in [0.1, 0.15) is 36.1 Å². The van der Waals surface area contributed by atoms with E-state index in [1.165, 1.54) is 17.0 Å². The number of rotatable bonds is 11. The molecule has 190 valence electrons. The minimum atomic E-state index is -0.757. The quantitative estimate of drug-likeness (QED) is 0.400. The summed E-state index contributed by atoms with van der Waals surface area (Å²) in [4.78, 5) is 28.5. The Morgan fingerprint density at radius 3 is 2.25 bits per heavy atom. The molecule has 0 radical (unpaired) electrons. The van der Waals surface area contributed by atoms with Crippen LogP contribution in [-0.2, 0) is 22.6 Å². The van der Waals surface area contributed by atoms with Crippen LogP contribution in [0.5, 0.6) is 5.75 Å². The molecular weight excluding hydrogens is 455 g/mol. The standard InChI is InChI=1S/C30H35FN2O3/c1-21(2)18-32-30(35)28(17-24-8-6-5-7-9-24)33(19-25-11-13-26(31)14-12-25)29(34)20-36-27-15-10-22(3)23(4)16-27/h5-16,21,28H,17-20H2,1-4H3,(H,32,35)/t28-/m0/s1. The van der Waals surface area contributed by atoms with Crippen LogP contribution in [0.15, 0.2) is 72.8 Å². The molecule has 2 amide bonds. The number of hydrogen-bond acceptors (Lipinski definition) is 3. The zero-order valence-corrected chi connectivity index (χ0v) is 21.5. The van der Waals surface area contributed by atoms with Crippen LogP contribution in [0, 0.1) is 25.6 Å². The average Bonchev–Trinajstić information content (AvgIpc) is 2.87. The highest BCUT2D eigenvalue weighted by Crippen LogP contribution is 2.19. The number of hydrogen-bond donors (Lipinski definition) is 1. The summed E-state index contributed by atoms with van der Waals surface area (Å²) in [6, 6.07) is 20.5. The van der Waals surface area contributed by atoms with Crippen LogP contribution < -0.4 is 10.1 Å². The maximum atomic E-state index is 13.6. The number of benzene rings is 3. The van der Waals surface area contributed by atoms with Gasteiger partial charge in [0.1, 0.15) is 17.6 Å². The van der Waals surface area contributed by atoms with Gasteiger partial charge in [0.2, 0.25) is 5.91 Å². The van der Waals surface area contributed by atoms with Crippen LogP contribution in [-0.4, -0.2) is 35.9 Å². The van der Waals surface area contributed by atoms with Crippen molar-refractivity contribution in [2.45, 2.75) is 46.7 Å². The smallest absolute Gasteiger partial charge is 0.261 e. The van der Waals surface area contributed by atoms with E-state index in [1.54, 1.807) is 12.1 Å². The van der Waals surface area contributed by atoms with E-state index in [2.05, 4.69) is 5.32 Å². The Morgan fingerprint density at radius 2 is 1.61 bits per heavy atom. The molecule has 1 atom stereocenters. The monoisotopic (exact) mass is 490 g/mol. The molecular formula is C30H35FN2O3. The molecule has 6 heteroatoms. The molecule has 1 N–H and O–H groups in total. The van der Waals surface area contributed by atoms with Gasteiger partial charge in [-0.25, -0.2) is 4.39 Å². The Labute approximate surface area is 213 Å². The van der Waals surface area contributed by atoms with Gasteiger partial charge in [-0.2, -0.15) is 0 Å². The van der Waals surface area contributed by atoms with Crippen LogP contribution >= 0.6 is 0 Å². The van der Waals surface area contributed by atoms with Crippen LogP contribution in [0.25, 0.3) is 0 Å². The second-order valence-electron chi connectivity index (χ2n) is 9.53. The summed E-state index contributed by atoms with van der Waals surface area (Å²) in [5.74, 6) is -0.0460. The summed E-state index contributed by atoms with van der Waals surface area (Å²) in [5, 5.41) is 2.99. The van der Waals surface area contributed by atoms with Crippen molar-refractivity contribution in [3.8, 4) is 5.75 Å². The third-order valence-corrected chi connectivity index (χ3v) is 6.06. The van der Waals surface area contributed by atoms with Gasteiger partial charge in [-0.15, -0.1) is 0 Å². The molecule has 0 aliphatic rings. The van der Waals surface area contributed by atoms with Crippen molar-refractivity contribution in [1.29, 1.82) is 0 Å². The summed E-state index contributed by atoms with van der Waals surface area (Å²) >= 11 is 0. The van der Waals surface area contributed by atoms with E-state index in [-0.39, 0.29) is 36.7 Å². The van der Waals surface area contributed by atoms with Crippen molar-refractivity contribution in [3.63, 3.8) is 0 Å². The second-order valence-corrected chi connectivity index (χ2v) is 9.53. The number of carbonyl (C=O) groups is 2. The highest BCUT2D eigenvalue weighted by Gasteiger charge is 2.30. The maximum absolute atomic E-state index is 13.6. The van der Waals surface area contributed by atoms with Crippen molar-refractivity contribution in [3.05, 3.63) is 101 Å². The topological polar surface area (TPSA) is 58.6 Å². The number of nitrogens with zero attached hydrogens (tertiary/aromatic N) is 1. The molecule has 36 heavy (non-hydrogen) atoms. The zero-order chi connectivity index (χ0) is 26.1. The first-order valence-electron chi connectivity index (χ1n) is 12.3. The Hall–Kier alpha value is -3.67. The lowest BCUT2D eigenvalue weighted by atomic mass is 10.0. The molecule has 0 aromatic heterocycles. The number of halogens is 1. The van der Waals surface area contributed by atoms with Crippen LogP contribution in [0.4, 0.5) is 4.39 Å². The predicted molar refractivity (Wildman–Crippen MR) is 140 cm³/mol. The van der Waals surface area contributed by atoms with E-state index in [4.69, 9.17) is 4.74 Å². The fraction of sp³-hybridized carbons (Fsp3) is 0.333. The maximum Gasteiger partial charge on any atom is 0.261 e. The lowest BCUT2D eigenvalue weighted by Crippen LogP contribution is -2.52. The van der Waals surface area contributed by atoms with Gasteiger partial charge in [0, 0.05) is 19.5 Å². The number of aryl methyl sites for hydroxylation is 2. The summed E-state index contributed by atoms with van der Waals surface area (Å²) in [6.45, 7) is 8.48. The SMILES string of the molecule is Cc1ccc(OCC(=O)N(Cc2ccc(F)cc2)[C@@H](Cc2ccccc2)C(=O)NCC(C)C)cc1C. The molecule has 0 bridgehead atoms. The van der Waals surface area contributed by atoms with E-state index in [0.717, 1.165) is 22.3 Å². The normalized spacial score (nSPS) is 11.7. The molecule has 0 aliphatic carbocycles. The van der Waals surface area contributed by atoms with Crippen molar-refractivity contribution in [2.75, 3.05) is 13.2 Å². The van der Waals surface area contributed by atoms with Gasteiger partial charge in [0.05, 0.1) is 0 Å². The molecule has 0 saturated carbocycles. The summed E-state index contributed by atoms with van der Waals surface area (Å²) in [5.41, 5.74) is 3.87. The fourth-order valence-electron chi connectivity index (χ4n) is 3.79. The first kappa shape index (κ1) is 26.9. The third kappa shape index (κ3) is 7.94. The number of nitrogens with one attached hydrogen (secondary N) is 1. The molecule has 0 spiro atoms. The van der Waals surface area contributed by atoms with Crippen molar-refractivity contribution >= 4 is 11.8 Å². The zero-order valence-electron chi connectivity index (χ0n) is 21.5. The van der Waals surface area contributed by atoms with Crippen LogP contribution in [0.3, 0.4) is 0 Å². The molecule has 0 aliphatic heterocycles. The fourth-order valence-corrected chi connectivity index (χ4v) is 3.79. The highest BCUT2D eigenvalue weighted by molar-refractivity contribution is 5.88. The molecule has 0 unspecified atom stereocenters. The van der Waals surface area contributed by atoms with Crippen molar-refractivity contribution < 1.29 is 18.7 Å². The minimum absolute atomic E-state index is 0.155. The summed E-state index contributed by atoms with van der Waals surface area (Å²) in [6.07, 6.45) is 0.349. The molecule has 0 fully saturated rings. The first-order chi connectivity index (χ1) is 17.2. The minimum Gasteiger partial charge on any atom is -0.484 e. The largest absolute Gasteiger partial charge is 0.484 e. The molecule has 5 nitrogen and oxygen atoms in total. The lowest BCUT2D eigenvalue weighted by Gasteiger charge is -2.31. The molecule has 3 rings (SSSR count). The number of carbonyl (C=O) groups excluding carboxylic acids is 2. The van der Waals surface area contributed by atoms with Gasteiger partial charge in [-0.3, -0.25) is 9.59 Å². The Bertz CT molecular complexity index is 1150. The van der Waals surface area contributed by atoms with Gasteiger partial charge >= 0.3 is 0 Å². The van der Waals surface area contributed by atoms with E-state index in [0.29, 0.717) is 18.7 Å². The van der Waals surface area contributed by atoms with E-state index < -0.39 is 6.04 Å². The third-order valence-electron chi connectivity index (χ3n) is 6.06. The van der Waals surface area contributed by atoms with Gasteiger partial charge in [-0.1, -0.05) is 62.4 Å². The van der Waals surface area contributed by atoms with Gasteiger partial charge in [-0.05, 0) is 66.3 Å². The number of ether oxygens (including phenoxy) is 1. The number of amides is 2. The first-order valence-corrected chi connectivity index (χ1v) is 12.3. The van der Waals surface area contributed by atoms with Crippen molar-refractivity contribution in [1.82, 2.24) is 10.2 Å². The van der Waals surface area contributed by atoms with Crippen molar-refractivity contribution in [2.24, 2.45) is 5.92 Å². The summed E-state index contributed by atoms with van der Waals surface area (Å²) < 4.78 is 19.4. The molecule has 0 heterocycles. The van der Waals surface area contributed by atoms with Crippen LogP contribution in [0.2, 0.25) is 0 Å². The highest BCUT2D eigenvalue weighted by atomic mass is 19.1. The van der Waals surface area contributed by atoms with E-state index in [9.17, 15) is 14.0 Å². The Kier molecular flexibility index (Phi) is 9.62. The van der Waals surface area contributed by atoms with E-state index in [1.807, 2.05) is 76.2 Å². The predicted octanol–water partition coefficient (Wildman–Crippen LogP) is 5.23. The molecule has 3 aromatic rings. The lowest BCUT2D eigenvalue weighted by molar-refractivity contribution is -0.142. The molecule has 3 aromatic carbocycles. The van der Waals surface area contributed by atoms with Gasteiger partial charge in [0.25, 0.3) is 5.91 Å². The average molecular weight is 491 g/mol. The Morgan fingerprint density at radius 1 is 0.917 bits per heavy atom. The van der Waals surface area contributed by atoms with Gasteiger partial charge in [0.15, 0.2) is 6.61 Å². The Balaban J connectivity index is 1.89. The van der Waals surface area contributed by atoms with Gasteiger partial charge < -0.3 is 15.0 Å². The van der Waals surface area contributed by atoms with E-state index >= 15 is 0 Å².